The van der Waals surface area contributed by atoms with E-state index in [9.17, 15) is 9.59 Å². The fraction of sp³-hybridized carbons (Fsp3) is 0.478. The van der Waals surface area contributed by atoms with Gasteiger partial charge in [-0.3, -0.25) is 9.59 Å². The lowest BCUT2D eigenvalue weighted by Crippen LogP contribution is -2.22. The first-order valence-electron chi connectivity index (χ1n) is 10.4. The number of carbonyl (C=O) groups excluding carboxylic acids is 2. The minimum Gasteiger partial charge on any atom is -0.494 e. The number of rotatable bonds is 8. The summed E-state index contributed by atoms with van der Waals surface area (Å²) in [4.78, 5) is 26.5. The quantitative estimate of drug-likeness (QED) is 0.594. The Kier molecular flexibility index (Phi) is 7.31. The average Bonchev–Trinajstić information content (AvgIpc) is 3.07. The van der Waals surface area contributed by atoms with E-state index in [2.05, 4.69) is 24.5 Å². The summed E-state index contributed by atoms with van der Waals surface area (Å²) in [6.07, 6.45) is 6.26. The molecule has 2 aromatic rings. The Morgan fingerprint density at radius 2 is 1.93 bits per heavy atom. The van der Waals surface area contributed by atoms with Crippen LogP contribution in [-0.2, 0) is 12.8 Å². The summed E-state index contributed by atoms with van der Waals surface area (Å²) < 4.78 is 5.71. The van der Waals surface area contributed by atoms with Gasteiger partial charge in [-0.2, -0.15) is 0 Å². The maximum Gasteiger partial charge on any atom is 0.256 e. The lowest BCUT2D eigenvalue weighted by atomic mass is 9.88. The number of hydrogen-bond acceptors (Lipinski definition) is 4. The number of anilines is 1. The van der Waals surface area contributed by atoms with E-state index in [0.717, 1.165) is 49.8 Å². The number of amides is 2. The van der Waals surface area contributed by atoms with E-state index >= 15 is 0 Å². The van der Waals surface area contributed by atoms with E-state index in [-0.39, 0.29) is 11.8 Å². The highest BCUT2D eigenvalue weighted by molar-refractivity contribution is 7.17. The third kappa shape index (κ3) is 5.18. The van der Waals surface area contributed by atoms with Crippen LogP contribution in [0.1, 0.15) is 70.7 Å². The summed E-state index contributed by atoms with van der Waals surface area (Å²) in [6.45, 7) is 5.08. The number of hydrogen-bond donors (Lipinski definition) is 2. The first-order chi connectivity index (χ1) is 14.0. The summed E-state index contributed by atoms with van der Waals surface area (Å²) in [6, 6.07) is 7.17. The van der Waals surface area contributed by atoms with E-state index < -0.39 is 0 Å². The molecule has 0 fully saturated rings. The fourth-order valence-corrected chi connectivity index (χ4v) is 5.03. The van der Waals surface area contributed by atoms with Crippen LogP contribution in [-0.4, -0.2) is 25.5 Å². The maximum absolute atomic E-state index is 12.8. The molecule has 29 heavy (non-hydrogen) atoms. The summed E-state index contributed by atoms with van der Waals surface area (Å²) in [5, 5.41) is 6.34. The third-order valence-electron chi connectivity index (χ3n) is 5.33. The molecule has 1 atom stereocenters. The predicted octanol–water partition coefficient (Wildman–Crippen LogP) is 5.05. The average molecular weight is 415 g/mol. The highest BCUT2D eigenvalue weighted by atomic mass is 32.1. The smallest absolute Gasteiger partial charge is 0.256 e. The molecule has 1 aromatic carbocycles. The van der Waals surface area contributed by atoms with Gasteiger partial charge in [0.2, 0.25) is 0 Å². The lowest BCUT2D eigenvalue weighted by Gasteiger charge is -2.18. The Bertz CT molecular complexity index is 858. The molecule has 0 saturated heterocycles. The van der Waals surface area contributed by atoms with Crippen LogP contribution in [0.25, 0.3) is 0 Å². The topological polar surface area (TPSA) is 67.4 Å². The number of benzene rings is 1. The molecule has 0 saturated carbocycles. The van der Waals surface area contributed by atoms with Gasteiger partial charge in [-0.05, 0) is 61.4 Å². The van der Waals surface area contributed by atoms with Gasteiger partial charge in [0.15, 0.2) is 0 Å². The van der Waals surface area contributed by atoms with Crippen molar-refractivity contribution in [3.8, 4) is 5.75 Å². The minimum absolute atomic E-state index is 0.136. The summed E-state index contributed by atoms with van der Waals surface area (Å²) in [7, 11) is 1.63. The Balaban J connectivity index is 1.72. The first kappa shape index (κ1) is 21.4. The number of ether oxygens (including phenoxy) is 1. The zero-order valence-corrected chi connectivity index (χ0v) is 18.3. The normalized spacial score (nSPS) is 15.5. The minimum atomic E-state index is -0.209. The van der Waals surface area contributed by atoms with E-state index in [4.69, 9.17) is 4.74 Å². The van der Waals surface area contributed by atoms with Gasteiger partial charge < -0.3 is 15.4 Å². The third-order valence-corrected chi connectivity index (χ3v) is 6.50. The van der Waals surface area contributed by atoms with E-state index in [0.29, 0.717) is 28.7 Å². The van der Waals surface area contributed by atoms with Crippen LogP contribution in [0.5, 0.6) is 5.75 Å². The van der Waals surface area contributed by atoms with Gasteiger partial charge in [0, 0.05) is 17.5 Å². The summed E-state index contributed by atoms with van der Waals surface area (Å²) in [5.41, 5.74) is 2.27. The van der Waals surface area contributed by atoms with Crippen molar-refractivity contribution >= 4 is 28.2 Å². The van der Waals surface area contributed by atoms with Crippen molar-refractivity contribution < 1.29 is 14.3 Å². The molecule has 1 heterocycles. The molecule has 1 aliphatic rings. The number of nitrogens with one attached hydrogen (secondary N) is 2. The van der Waals surface area contributed by atoms with Crippen molar-refractivity contribution in [2.45, 2.75) is 52.4 Å². The number of carbonyl (C=O) groups is 2. The molecular formula is C23H30N2O3S. The van der Waals surface area contributed by atoms with Crippen molar-refractivity contribution in [2.75, 3.05) is 19.0 Å². The SMILES string of the molecule is CCCCCOc1ccc(C(=O)Nc2sc3c(c2C(=O)NC)CC[C@@H](C)C3)cc1. The Labute approximate surface area is 176 Å². The Morgan fingerprint density at radius 1 is 1.17 bits per heavy atom. The van der Waals surface area contributed by atoms with Crippen LogP contribution in [0.3, 0.4) is 0 Å². The molecule has 0 radical (unpaired) electrons. The van der Waals surface area contributed by atoms with Gasteiger partial charge in [0.1, 0.15) is 10.8 Å². The standard InChI is InChI=1S/C23H30N2O3S/c1-4-5-6-13-28-17-10-8-16(9-11-17)21(26)25-23-20(22(27)24-3)18-12-7-15(2)14-19(18)29-23/h8-11,15H,4-7,12-14H2,1-3H3,(H,24,27)(H,25,26)/t15-/m1/s1. The van der Waals surface area contributed by atoms with Gasteiger partial charge in [-0.15, -0.1) is 11.3 Å². The monoisotopic (exact) mass is 414 g/mol. The predicted molar refractivity (Wildman–Crippen MR) is 118 cm³/mol. The fourth-order valence-electron chi connectivity index (χ4n) is 3.62. The maximum atomic E-state index is 12.8. The molecule has 0 aliphatic heterocycles. The number of fused-ring (bicyclic) bond motifs is 1. The Morgan fingerprint density at radius 3 is 2.62 bits per heavy atom. The summed E-state index contributed by atoms with van der Waals surface area (Å²) >= 11 is 1.53. The van der Waals surface area contributed by atoms with Gasteiger partial charge in [-0.1, -0.05) is 26.7 Å². The van der Waals surface area contributed by atoms with Gasteiger partial charge in [0.25, 0.3) is 11.8 Å². The van der Waals surface area contributed by atoms with Crippen molar-refractivity contribution in [1.29, 1.82) is 0 Å². The molecule has 3 rings (SSSR count). The molecule has 0 bridgehead atoms. The molecular weight excluding hydrogens is 384 g/mol. The Hall–Kier alpha value is -2.34. The van der Waals surface area contributed by atoms with E-state index in [1.54, 1.807) is 19.2 Å². The second kappa shape index (κ2) is 9.92. The molecule has 1 aliphatic carbocycles. The highest BCUT2D eigenvalue weighted by Crippen LogP contribution is 2.39. The second-order valence-corrected chi connectivity index (χ2v) is 8.77. The summed E-state index contributed by atoms with van der Waals surface area (Å²) in [5.74, 6) is 1.03. The van der Waals surface area contributed by atoms with Crippen molar-refractivity contribution in [1.82, 2.24) is 5.32 Å². The molecule has 1 aromatic heterocycles. The van der Waals surface area contributed by atoms with Crippen LogP contribution in [0.15, 0.2) is 24.3 Å². The van der Waals surface area contributed by atoms with Crippen LogP contribution >= 0.6 is 11.3 Å². The van der Waals surface area contributed by atoms with Crippen molar-refractivity contribution in [3.63, 3.8) is 0 Å². The zero-order valence-electron chi connectivity index (χ0n) is 17.5. The van der Waals surface area contributed by atoms with Crippen LogP contribution in [0.2, 0.25) is 0 Å². The van der Waals surface area contributed by atoms with E-state index in [1.807, 2.05) is 12.1 Å². The molecule has 5 nitrogen and oxygen atoms in total. The molecule has 0 unspecified atom stereocenters. The van der Waals surface area contributed by atoms with Crippen molar-refractivity contribution in [3.05, 3.63) is 45.8 Å². The number of unbranched alkanes of at least 4 members (excludes halogenated alkanes) is 2. The van der Waals surface area contributed by atoms with Crippen LogP contribution in [0.4, 0.5) is 5.00 Å². The lowest BCUT2D eigenvalue weighted by molar-refractivity contribution is 0.0963. The zero-order chi connectivity index (χ0) is 20.8. The van der Waals surface area contributed by atoms with Gasteiger partial charge in [0.05, 0.1) is 12.2 Å². The molecule has 2 N–H and O–H groups in total. The van der Waals surface area contributed by atoms with Crippen LogP contribution < -0.4 is 15.4 Å². The molecule has 2 amide bonds. The molecule has 0 spiro atoms. The van der Waals surface area contributed by atoms with Crippen molar-refractivity contribution in [2.24, 2.45) is 5.92 Å². The van der Waals surface area contributed by atoms with Crippen LogP contribution in [0, 0.1) is 5.92 Å². The number of thiophene rings is 1. The second-order valence-electron chi connectivity index (χ2n) is 7.67. The molecule has 6 heteroatoms. The first-order valence-corrected chi connectivity index (χ1v) is 11.3. The van der Waals surface area contributed by atoms with Gasteiger partial charge in [-0.25, -0.2) is 0 Å². The largest absolute Gasteiger partial charge is 0.494 e. The van der Waals surface area contributed by atoms with Gasteiger partial charge >= 0.3 is 0 Å². The van der Waals surface area contributed by atoms with E-state index in [1.165, 1.54) is 16.2 Å². The highest BCUT2D eigenvalue weighted by Gasteiger charge is 2.28. The molecule has 156 valence electrons.